The lowest BCUT2D eigenvalue weighted by molar-refractivity contribution is -0.130. The fourth-order valence-electron chi connectivity index (χ4n) is 3.53. The summed E-state index contributed by atoms with van der Waals surface area (Å²) >= 11 is 7.97. The van der Waals surface area contributed by atoms with Gasteiger partial charge in [0, 0.05) is 26.2 Å². The van der Waals surface area contributed by atoms with E-state index < -0.39 is 0 Å². The molecule has 0 atom stereocenters. The first kappa shape index (κ1) is 20.0. The van der Waals surface area contributed by atoms with E-state index in [4.69, 9.17) is 21.3 Å². The minimum absolute atomic E-state index is 0.164. The Morgan fingerprint density at radius 3 is 2.52 bits per heavy atom. The van der Waals surface area contributed by atoms with Crippen LogP contribution in [0, 0.1) is 6.92 Å². The van der Waals surface area contributed by atoms with E-state index in [2.05, 4.69) is 11.8 Å². The number of amides is 1. The van der Waals surface area contributed by atoms with E-state index in [0.717, 1.165) is 50.3 Å². The fourth-order valence-corrected chi connectivity index (χ4v) is 4.90. The van der Waals surface area contributed by atoms with Gasteiger partial charge in [-0.25, -0.2) is 4.98 Å². The summed E-state index contributed by atoms with van der Waals surface area (Å²) in [6.07, 6.45) is 0.419. The van der Waals surface area contributed by atoms with Crippen LogP contribution in [0.25, 0.3) is 10.2 Å². The van der Waals surface area contributed by atoms with E-state index in [9.17, 15) is 4.79 Å². The van der Waals surface area contributed by atoms with Crippen molar-refractivity contribution >= 4 is 44.2 Å². The highest BCUT2D eigenvalue weighted by Gasteiger charge is 2.23. The Balaban J connectivity index is 1.37. The maximum atomic E-state index is 12.7. The molecule has 0 aliphatic carbocycles. The number of hydrogen-bond acceptors (Lipinski definition) is 5. The molecule has 0 bridgehead atoms. The van der Waals surface area contributed by atoms with Crippen LogP contribution in [0.2, 0.25) is 5.02 Å². The van der Waals surface area contributed by atoms with Crippen molar-refractivity contribution in [2.45, 2.75) is 20.3 Å². The van der Waals surface area contributed by atoms with Crippen molar-refractivity contribution in [1.29, 1.82) is 0 Å². The molecule has 2 aromatic carbocycles. The topological polar surface area (TPSA) is 45.7 Å². The number of carbonyl (C=O) groups is 1. The molecule has 152 valence electrons. The molecule has 0 radical (unpaired) electrons. The Labute approximate surface area is 179 Å². The van der Waals surface area contributed by atoms with Gasteiger partial charge in [-0.2, -0.15) is 0 Å². The second kappa shape index (κ2) is 8.59. The predicted octanol–water partition coefficient (Wildman–Crippen LogP) is 4.55. The van der Waals surface area contributed by atoms with Crippen LogP contribution in [-0.2, 0) is 11.2 Å². The van der Waals surface area contributed by atoms with Crippen molar-refractivity contribution < 1.29 is 9.53 Å². The molecule has 1 fully saturated rings. The summed E-state index contributed by atoms with van der Waals surface area (Å²) in [6, 6.07) is 11.7. The molecule has 2 heterocycles. The second-order valence-corrected chi connectivity index (χ2v) is 8.54. The number of halogens is 1. The van der Waals surface area contributed by atoms with Crippen LogP contribution in [0.3, 0.4) is 0 Å². The summed E-state index contributed by atoms with van der Waals surface area (Å²) in [4.78, 5) is 21.7. The number of rotatable bonds is 5. The summed E-state index contributed by atoms with van der Waals surface area (Å²) < 4.78 is 6.50. The first-order valence-electron chi connectivity index (χ1n) is 9.85. The van der Waals surface area contributed by atoms with Crippen LogP contribution < -0.4 is 9.64 Å². The maximum Gasteiger partial charge on any atom is 0.227 e. The molecule has 5 nitrogen and oxygen atoms in total. The van der Waals surface area contributed by atoms with Gasteiger partial charge in [-0.05, 0) is 43.2 Å². The van der Waals surface area contributed by atoms with Crippen molar-refractivity contribution in [3.8, 4) is 5.75 Å². The molecule has 3 aromatic rings. The molecule has 0 spiro atoms. The van der Waals surface area contributed by atoms with Crippen molar-refractivity contribution in [2.75, 3.05) is 37.7 Å². The van der Waals surface area contributed by atoms with Crippen molar-refractivity contribution in [2.24, 2.45) is 0 Å². The number of fused-ring (bicyclic) bond motifs is 1. The number of carbonyl (C=O) groups excluding carboxylic acids is 1. The summed E-state index contributed by atoms with van der Waals surface area (Å²) in [7, 11) is 0. The molecule has 1 aliphatic rings. The zero-order valence-corrected chi connectivity index (χ0v) is 18.2. The van der Waals surface area contributed by atoms with Crippen LogP contribution in [0.15, 0.2) is 36.4 Å². The Kier molecular flexibility index (Phi) is 5.92. The van der Waals surface area contributed by atoms with Crippen molar-refractivity contribution in [1.82, 2.24) is 9.88 Å². The quantitative estimate of drug-likeness (QED) is 0.597. The number of ether oxygens (including phenoxy) is 1. The Hall–Kier alpha value is -2.31. The molecular weight excluding hydrogens is 406 g/mol. The number of thiazole rings is 1. The number of hydrogen-bond donors (Lipinski definition) is 0. The van der Waals surface area contributed by atoms with Crippen LogP contribution in [-0.4, -0.2) is 48.6 Å². The van der Waals surface area contributed by atoms with Gasteiger partial charge in [-0.15, -0.1) is 0 Å². The minimum Gasteiger partial charge on any atom is -0.494 e. The molecule has 1 aliphatic heterocycles. The molecule has 4 rings (SSSR count). The van der Waals surface area contributed by atoms with Crippen molar-refractivity contribution in [3.63, 3.8) is 0 Å². The Bertz CT molecular complexity index is 972. The SMILES string of the molecule is CCOc1ccc(CC(=O)N2CCN(c3nc4c(C)ccc(Cl)c4s3)CC2)cc1. The fraction of sp³-hybridized carbons (Fsp3) is 0.364. The lowest BCUT2D eigenvalue weighted by Gasteiger charge is -2.34. The van der Waals surface area contributed by atoms with E-state index >= 15 is 0 Å². The minimum atomic E-state index is 0.164. The number of benzene rings is 2. The van der Waals surface area contributed by atoms with Gasteiger partial charge < -0.3 is 14.5 Å². The number of anilines is 1. The number of nitrogens with zero attached hydrogens (tertiary/aromatic N) is 3. The predicted molar refractivity (Wildman–Crippen MR) is 119 cm³/mol. The zero-order chi connectivity index (χ0) is 20.4. The molecule has 0 unspecified atom stereocenters. The van der Waals surface area contributed by atoms with E-state index in [-0.39, 0.29) is 5.91 Å². The third-order valence-electron chi connectivity index (χ3n) is 5.18. The first-order valence-corrected chi connectivity index (χ1v) is 11.0. The number of piperazine rings is 1. The molecule has 1 amide bonds. The molecular formula is C22H24ClN3O2S. The molecule has 7 heteroatoms. The second-order valence-electron chi connectivity index (χ2n) is 7.16. The summed E-state index contributed by atoms with van der Waals surface area (Å²) in [5.74, 6) is 1.00. The lowest BCUT2D eigenvalue weighted by Crippen LogP contribution is -2.49. The van der Waals surface area contributed by atoms with E-state index in [1.807, 2.05) is 48.2 Å². The highest BCUT2D eigenvalue weighted by molar-refractivity contribution is 7.22. The van der Waals surface area contributed by atoms with Crippen LogP contribution in [0.5, 0.6) is 5.75 Å². The monoisotopic (exact) mass is 429 g/mol. The van der Waals surface area contributed by atoms with Gasteiger partial charge in [0.05, 0.1) is 28.3 Å². The molecule has 29 heavy (non-hydrogen) atoms. The van der Waals surface area contributed by atoms with Crippen LogP contribution >= 0.6 is 22.9 Å². The van der Waals surface area contributed by atoms with E-state index in [1.165, 1.54) is 0 Å². The summed E-state index contributed by atoms with van der Waals surface area (Å²) in [5.41, 5.74) is 3.12. The normalized spacial score (nSPS) is 14.4. The zero-order valence-electron chi connectivity index (χ0n) is 16.7. The maximum absolute atomic E-state index is 12.7. The molecule has 0 N–H and O–H groups in total. The molecule has 1 saturated heterocycles. The van der Waals surface area contributed by atoms with Crippen LogP contribution in [0.1, 0.15) is 18.1 Å². The van der Waals surface area contributed by atoms with Gasteiger partial charge in [-0.3, -0.25) is 4.79 Å². The lowest BCUT2D eigenvalue weighted by atomic mass is 10.1. The number of aromatic nitrogens is 1. The smallest absolute Gasteiger partial charge is 0.227 e. The van der Waals surface area contributed by atoms with Gasteiger partial charge in [0.2, 0.25) is 5.91 Å². The third-order valence-corrected chi connectivity index (χ3v) is 6.76. The summed E-state index contributed by atoms with van der Waals surface area (Å²) in [5, 5.41) is 1.73. The van der Waals surface area contributed by atoms with Crippen LogP contribution in [0.4, 0.5) is 5.13 Å². The van der Waals surface area contributed by atoms with Gasteiger partial charge in [0.15, 0.2) is 5.13 Å². The van der Waals surface area contributed by atoms with Gasteiger partial charge in [0.25, 0.3) is 0 Å². The summed E-state index contributed by atoms with van der Waals surface area (Å²) in [6.45, 7) is 7.64. The van der Waals surface area contributed by atoms with E-state index in [0.29, 0.717) is 26.1 Å². The first-order chi connectivity index (χ1) is 14.0. The van der Waals surface area contributed by atoms with Gasteiger partial charge in [0.1, 0.15) is 5.75 Å². The van der Waals surface area contributed by atoms with Gasteiger partial charge >= 0.3 is 0 Å². The third kappa shape index (κ3) is 4.33. The average Bonchev–Trinajstić information content (AvgIpc) is 3.19. The Morgan fingerprint density at radius 1 is 1.14 bits per heavy atom. The highest BCUT2D eigenvalue weighted by atomic mass is 35.5. The average molecular weight is 430 g/mol. The molecule has 1 aromatic heterocycles. The highest BCUT2D eigenvalue weighted by Crippen LogP contribution is 2.35. The van der Waals surface area contributed by atoms with E-state index in [1.54, 1.807) is 11.3 Å². The Morgan fingerprint density at radius 2 is 1.86 bits per heavy atom. The largest absolute Gasteiger partial charge is 0.494 e. The molecule has 0 saturated carbocycles. The van der Waals surface area contributed by atoms with Crippen molar-refractivity contribution in [3.05, 3.63) is 52.5 Å². The standard InChI is InChI=1S/C22H24ClN3O2S/c1-3-28-17-7-5-16(6-8-17)14-19(27)25-10-12-26(13-11-25)22-24-20-15(2)4-9-18(23)21(20)29-22/h4-9H,3,10-14H2,1-2H3. The number of aryl methyl sites for hydroxylation is 1. The van der Waals surface area contributed by atoms with Gasteiger partial charge in [-0.1, -0.05) is 41.1 Å².